The van der Waals surface area contributed by atoms with Crippen molar-refractivity contribution in [1.29, 1.82) is 0 Å². The first kappa shape index (κ1) is 20.4. The fourth-order valence-electron chi connectivity index (χ4n) is 3.05. The third-order valence-corrected chi connectivity index (χ3v) is 4.40. The van der Waals surface area contributed by atoms with E-state index >= 15 is 0 Å². The minimum absolute atomic E-state index is 0.00780. The molecule has 0 bridgehead atoms. The molecule has 1 amide bonds. The van der Waals surface area contributed by atoms with E-state index in [0.717, 1.165) is 25.9 Å². The zero-order valence-electron chi connectivity index (χ0n) is 15.2. The Morgan fingerprint density at radius 2 is 1.79 bits per heavy atom. The molecular weight excluding hydrogens is 391 g/mol. The third-order valence-electron chi connectivity index (χ3n) is 4.40. The van der Waals surface area contributed by atoms with Crippen LogP contribution in [0.5, 0.6) is 5.75 Å². The van der Waals surface area contributed by atoms with Gasteiger partial charge in [0.1, 0.15) is 5.75 Å². The molecule has 1 fully saturated rings. The molecule has 29 heavy (non-hydrogen) atoms. The van der Waals surface area contributed by atoms with Crippen LogP contribution in [-0.4, -0.2) is 36.7 Å². The van der Waals surface area contributed by atoms with Gasteiger partial charge < -0.3 is 15.0 Å². The van der Waals surface area contributed by atoms with E-state index in [4.69, 9.17) is 0 Å². The highest BCUT2D eigenvalue weighted by atomic mass is 19.4. The van der Waals surface area contributed by atoms with Crippen LogP contribution in [0, 0.1) is 10.1 Å². The van der Waals surface area contributed by atoms with Gasteiger partial charge in [-0.05, 0) is 43.2 Å². The molecule has 0 spiro atoms. The lowest BCUT2D eigenvalue weighted by molar-refractivity contribution is -0.384. The Labute approximate surface area is 164 Å². The smallest absolute Gasteiger partial charge is 0.422 e. The van der Waals surface area contributed by atoms with Gasteiger partial charge in [-0.1, -0.05) is 0 Å². The molecule has 0 unspecified atom stereocenters. The van der Waals surface area contributed by atoms with Crippen molar-refractivity contribution in [3.63, 3.8) is 0 Å². The van der Waals surface area contributed by atoms with Crippen LogP contribution in [0.1, 0.15) is 23.2 Å². The number of rotatable bonds is 6. The van der Waals surface area contributed by atoms with Crippen LogP contribution in [0.4, 0.5) is 30.2 Å². The van der Waals surface area contributed by atoms with Crippen LogP contribution in [0.2, 0.25) is 0 Å². The highest BCUT2D eigenvalue weighted by molar-refractivity contribution is 6.08. The summed E-state index contributed by atoms with van der Waals surface area (Å²) in [5, 5.41) is 13.7. The molecule has 7 nitrogen and oxygen atoms in total. The largest absolute Gasteiger partial charge is 0.484 e. The SMILES string of the molecule is O=C(Nc1ccc(OCC(F)(F)F)cc1)c1cc([N+](=O)[O-])ccc1N1CCCC1. The molecule has 0 atom stereocenters. The second kappa shape index (κ2) is 8.38. The predicted octanol–water partition coefficient (Wildman–Crippen LogP) is 4.39. The Hall–Kier alpha value is -3.30. The Morgan fingerprint density at radius 1 is 1.14 bits per heavy atom. The molecule has 1 heterocycles. The maximum Gasteiger partial charge on any atom is 0.422 e. The second-order valence-corrected chi connectivity index (χ2v) is 6.54. The fourth-order valence-corrected chi connectivity index (χ4v) is 3.05. The van der Waals surface area contributed by atoms with Gasteiger partial charge in [-0.3, -0.25) is 14.9 Å². The van der Waals surface area contributed by atoms with E-state index in [1.165, 1.54) is 36.4 Å². The van der Waals surface area contributed by atoms with Crippen LogP contribution >= 0.6 is 0 Å². The highest BCUT2D eigenvalue weighted by Crippen LogP contribution is 2.29. The minimum atomic E-state index is -4.44. The third kappa shape index (κ3) is 5.37. The number of carbonyl (C=O) groups is 1. The van der Waals surface area contributed by atoms with Crippen molar-refractivity contribution in [2.45, 2.75) is 19.0 Å². The van der Waals surface area contributed by atoms with Gasteiger partial charge in [-0.2, -0.15) is 13.2 Å². The number of benzene rings is 2. The number of halogens is 3. The topological polar surface area (TPSA) is 84.7 Å². The second-order valence-electron chi connectivity index (χ2n) is 6.54. The Balaban J connectivity index is 1.77. The number of nitro groups is 1. The lowest BCUT2D eigenvalue weighted by Gasteiger charge is -2.21. The van der Waals surface area contributed by atoms with E-state index in [1.54, 1.807) is 6.07 Å². The lowest BCUT2D eigenvalue weighted by atomic mass is 10.1. The number of hydrogen-bond donors (Lipinski definition) is 1. The number of carbonyl (C=O) groups excluding carboxylic acids is 1. The molecule has 0 aromatic heterocycles. The first-order valence-electron chi connectivity index (χ1n) is 8.87. The molecule has 154 valence electrons. The van der Waals surface area contributed by atoms with Gasteiger partial charge in [0.25, 0.3) is 11.6 Å². The predicted molar refractivity (Wildman–Crippen MR) is 100 cm³/mol. The maximum absolute atomic E-state index is 12.8. The van der Waals surface area contributed by atoms with Gasteiger partial charge in [0.15, 0.2) is 6.61 Å². The number of hydrogen-bond acceptors (Lipinski definition) is 5. The summed E-state index contributed by atoms with van der Waals surface area (Å²) < 4.78 is 41.2. The van der Waals surface area contributed by atoms with Crippen LogP contribution < -0.4 is 15.0 Å². The van der Waals surface area contributed by atoms with Crippen molar-refractivity contribution in [3.05, 3.63) is 58.1 Å². The molecule has 10 heteroatoms. The van der Waals surface area contributed by atoms with Gasteiger partial charge >= 0.3 is 6.18 Å². The van der Waals surface area contributed by atoms with Crippen LogP contribution in [-0.2, 0) is 0 Å². The van der Waals surface area contributed by atoms with E-state index < -0.39 is 23.6 Å². The summed E-state index contributed by atoms with van der Waals surface area (Å²) in [7, 11) is 0. The van der Waals surface area contributed by atoms with Crippen molar-refractivity contribution in [2.24, 2.45) is 0 Å². The molecule has 2 aromatic carbocycles. The fraction of sp³-hybridized carbons (Fsp3) is 0.316. The lowest BCUT2D eigenvalue weighted by Crippen LogP contribution is -2.23. The Kier molecular flexibility index (Phi) is 5.90. The van der Waals surface area contributed by atoms with Crippen molar-refractivity contribution in [3.8, 4) is 5.75 Å². The summed E-state index contributed by atoms with van der Waals surface area (Å²) in [5.74, 6) is -0.534. The van der Waals surface area contributed by atoms with E-state index in [1.807, 2.05) is 4.90 Å². The van der Waals surface area contributed by atoms with Gasteiger partial charge in [-0.25, -0.2) is 0 Å². The quantitative estimate of drug-likeness (QED) is 0.565. The maximum atomic E-state index is 12.8. The summed E-state index contributed by atoms with van der Waals surface area (Å²) in [6.45, 7) is 0.0955. The van der Waals surface area contributed by atoms with Crippen LogP contribution in [0.25, 0.3) is 0 Å². The molecule has 1 N–H and O–H groups in total. The highest BCUT2D eigenvalue weighted by Gasteiger charge is 2.28. The molecule has 3 rings (SSSR count). The average Bonchev–Trinajstić information content (AvgIpc) is 3.21. The number of amides is 1. The summed E-state index contributed by atoms with van der Waals surface area (Å²) in [5.41, 5.74) is 0.900. The molecule has 1 aliphatic rings. The van der Waals surface area contributed by atoms with Crippen molar-refractivity contribution >= 4 is 23.0 Å². The number of nitrogens with zero attached hydrogens (tertiary/aromatic N) is 2. The van der Waals surface area contributed by atoms with Crippen molar-refractivity contribution in [2.75, 3.05) is 29.9 Å². The van der Waals surface area contributed by atoms with Crippen molar-refractivity contribution in [1.82, 2.24) is 0 Å². The molecule has 2 aromatic rings. The van der Waals surface area contributed by atoms with E-state index in [2.05, 4.69) is 10.1 Å². The monoisotopic (exact) mass is 409 g/mol. The van der Waals surface area contributed by atoms with Gasteiger partial charge in [0, 0.05) is 30.9 Å². The molecule has 1 aliphatic heterocycles. The summed E-state index contributed by atoms with van der Waals surface area (Å²) in [6.07, 6.45) is -2.50. The average molecular weight is 409 g/mol. The van der Waals surface area contributed by atoms with E-state index in [0.29, 0.717) is 11.4 Å². The number of nitro benzene ring substituents is 1. The van der Waals surface area contributed by atoms with Crippen molar-refractivity contribution < 1.29 is 27.6 Å². The van der Waals surface area contributed by atoms with Gasteiger partial charge in [-0.15, -0.1) is 0 Å². The molecule has 0 radical (unpaired) electrons. The minimum Gasteiger partial charge on any atom is -0.484 e. The number of ether oxygens (including phenoxy) is 1. The normalized spacial score (nSPS) is 14.0. The molecule has 0 saturated carbocycles. The zero-order chi connectivity index (χ0) is 21.0. The van der Waals surface area contributed by atoms with Gasteiger partial charge in [0.2, 0.25) is 0 Å². The summed E-state index contributed by atoms with van der Waals surface area (Å²) >= 11 is 0. The summed E-state index contributed by atoms with van der Waals surface area (Å²) in [6, 6.07) is 9.55. The number of anilines is 2. The first-order valence-corrected chi connectivity index (χ1v) is 8.87. The molecule has 0 aliphatic carbocycles. The Bertz CT molecular complexity index is 895. The summed E-state index contributed by atoms with van der Waals surface area (Å²) in [4.78, 5) is 25.3. The van der Waals surface area contributed by atoms with Crippen LogP contribution in [0.15, 0.2) is 42.5 Å². The number of nitrogens with one attached hydrogen (secondary N) is 1. The standard InChI is InChI=1S/C19H18F3N3O4/c20-19(21,22)12-29-15-6-3-13(4-7-15)23-18(26)16-11-14(25(27)28)5-8-17(16)24-9-1-2-10-24/h3-8,11H,1-2,9-10,12H2,(H,23,26). The number of non-ortho nitro benzene ring substituents is 1. The first-order chi connectivity index (χ1) is 13.7. The van der Waals surface area contributed by atoms with Gasteiger partial charge in [0.05, 0.1) is 16.2 Å². The number of alkyl halides is 3. The van der Waals surface area contributed by atoms with E-state index in [9.17, 15) is 28.1 Å². The molecular formula is C19H18F3N3O4. The van der Waals surface area contributed by atoms with E-state index in [-0.39, 0.29) is 17.0 Å². The van der Waals surface area contributed by atoms with Crippen LogP contribution in [0.3, 0.4) is 0 Å². The zero-order valence-corrected chi connectivity index (χ0v) is 15.2. The Morgan fingerprint density at radius 3 is 2.38 bits per heavy atom. The molecule has 1 saturated heterocycles.